The van der Waals surface area contributed by atoms with E-state index >= 15 is 0 Å². The van der Waals surface area contributed by atoms with Gasteiger partial charge in [0.2, 0.25) is 0 Å². The summed E-state index contributed by atoms with van der Waals surface area (Å²) in [5, 5.41) is 4.09. The molecule has 0 atom stereocenters. The predicted molar refractivity (Wildman–Crippen MR) is 54.7 cm³/mol. The molecule has 5 nitrogen and oxygen atoms in total. The van der Waals surface area contributed by atoms with Crippen molar-refractivity contribution in [1.29, 1.82) is 0 Å². The largest absolute Gasteiger partial charge is 0.326 e. The molecule has 2 aromatic rings. The molecule has 14 heavy (non-hydrogen) atoms. The Labute approximate surface area is 89.1 Å². The van der Waals surface area contributed by atoms with E-state index in [1.54, 1.807) is 23.1 Å². The van der Waals surface area contributed by atoms with E-state index in [9.17, 15) is 0 Å². The lowest BCUT2D eigenvalue weighted by Gasteiger charge is -1.97. The number of nitrogens with zero attached hydrogens (tertiary/aromatic N) is 4. The molecule has 6 heteroatoms. The molecule has 0 saturated carbocycles. The molecule has 0 fully saturated rings. The van der Waals surface area contributed by atoms with E-state index in [-0.39, 0.29) is 0 Å². The summed E-state index contributed by atoms with van der Waals surface area (Å²) in [7, 11) is 0. The lowest BCUT2D eigenvalue weighted by atomic mass is 10.4. The molecule has 2 aromatic heterocycles. The summed E-state index contributed by atoms with van der Waals surface area (Å²) in [5.74, 6) is 0.527. The maximum absolute atomic E-state index is 5.47. The van der Waals surface area contributed by atoms with E-state index in [1.807, 2.05) is 6.20 Å². The maximum Gasteiger partial charge on any atom is 0.251 e. The third kappa shape index (κ3) is 1.80. The summed E-state index contributed by atoms with van der Waals surface area (Å²) in [6.07, 6.45) is 5.17. The van der Waals surface area contributed by atoms with Crippen LogP contribution in [0.25, 0.3) is 5.95 Å². The van der Waals surface area contributed by atoms with Crippen molar-refractivity contribution in [1.82, 2.24) is 19.7 Å². The fourth-order valence-electron chi connectivity index (χ4n) is 1.01. The first kappa shape index (κ1) is 9.29. The molecule has 0 saturated heterocycles. The van der Waals surface area contributed by atoms with Gasteiger partial charge in [0.15, 0.2) is 0 Å². The van der Waals surface area contributed by atoms with E-state index in [0.29, 0.717) is 12.5 Å². The zero-order valence-electron chi connectivity index (χ0n) is 7.26. The topological polar surface area (TPSA) is 69.6 Å². The summed E-state index contributed by atoms with van der Waals surface area (Å²) < 4.78 is 2.32. The van der Waals surface area contributed by atoms with Crippen LogP contribution in [0.15, 0.2) is 29.3 Å². The Balaban J connectivity index is 2.39. The number of aromatic nitrogens is 4. The van der Waals surface area contributed by atoms with Gasteiger partial charge in [-0.25, -0.2) is 14.6 Å². The minimum absolute atomic E-state index is 0.466. The summed E-state index contributed by atoms with van der Waals surface area (Å²) in [6, 6.07) is 1.76. The number of rotatable bonds is 2. The molecule has 0 radical (unpaired) electrons. The maximum atomic E-state index is 5.47. The van der Waals surface area contributed by atoms with Crippen molar-refractivity contribution in [3.05, 3.63) is 34.8 Å². The highest BCUT2D eigenvalue weighted by Crippen LogP contribution is 2.07. The predicted octanol–water partition coefficient (Wildman–Crippen LogP) is 0.883. The van der Waals surface area contributed by atoms with Gasteiger partial charge in [0.1, 0.15) is 4.60 Å². The Hall–Kier alpha value is -1.27. The molecule has 2 rings (SSSR count). The van der Waals surface area contributed by atoms with Gasteiger partial charge in [-0.2, -0.15) is 5.10 Å². The second kappa shape index (κ2) is 3.85. The Kier molecular flexibility index (Phi) is 2.55. The van der Waals surface area contributed by atoms with Gasteiger partial charge in [0.25, 0.3) is 5.95 Å². The highest BCUT2D eigenvalue weighted by molar-refractivity contribution is 9.10. The van der Waals surface area contributed by atoms with Crippen molar-refractivity contribution in [2.45, 2.75) is 6.54 Å². The molecule has 2 heterocycles. The molecule has 0 bridgehead atoms. The van der Waals surface area contributed by atoms with Gasteiger partial charge in [-0.05, 0) is 22.0 Å². The van der Waals surface area contributed by atoms with Gasteiger partial charge in [-0.1, -0.05) is 0 Å². The van der Waals surface area contributed by atoms with Crippen molar-refractivity contribution in [2.75, 3.05) is 0 Å². The number of halogens is 1. The fourth-order valence-corrected chi connectivity index (χ4v) is 1.29. The molecule has 0 aromatic carbocycles. The monoisotopic (exact) mass is 253 g/mol. The highest BCUT2D eigenvalue weighted by Gasteiger charge is 2.02. The number of hydrogen-bond acceptors (Lipinski definition) is 4. The van der Waals surface area contributed by atoms with Crippen LogP contribution < -0.4 is 5.73 Å². The van der Waals surface area contributed by atoms with E-state index < -0.39 is 0 Å². The Morgan fingerprint density at radius 2 is 2.36 bits per heavy atom. The van der Waals surface area contributed by atoms with E-state index in [0.717, 1.165) is 10.2 Å². The molecule has 0 amide bonds. The van der Waals surface area contributed by atoms with Crippen molar-refractivity contribution in [2.24, 2.45) is 5.73 Å². The Bertz CT molecular complexity index is 439. The summed E-state index contributed by atoms with van der Waals surface area (Å²) >= 11 is 3.27. The quantitative estimate of drug-likeness (QED) is 0.808. The summed E-state index contributed by atoms with van der Waals surface area (Å²) in [4.78, 5) is 8.23. The SMILES string of the molecule is NCc1cnn(-c2nccc(Br)n2)c1. The van der Waals surface area contributed by atoms with Gasteiger partial charge in [0.05, 0.1) is 6.20 Å². The van der Waals surface area contributed by atoms with Crippen LogP contribution >= 0.6 is 15.9 Å². The van der Waals surface area contributed by atoms with Gasteiger partial charge < -0.3 is 5.73 Å². The first-order valence-electron chi connectivity index (χ1n) is 4.02. The first-order chi connectivity index (χ1) is 6.79. The minimum atomic E-state index is 0.466. The molecule has 0 aliphatic heterocycles. The third-order valence-electron chi connectivity index (χ3n) is 1.69. The minimum Gasteiger partial charge on any atom is -0.326 e. The van der Waals surface area contributed by atoms with Crippen LogP contribution in [-0.2, 0) is 6.54 Å². The van der Waals surface area contributed by atoms with E-state index in [4.69, 9.17) is 5.73 Å². The van der Waals surface area contributed by atoms with Crippen molar-refractivity contribution < 1.29 is 0 Å². The van der Waals surface area contributed by atoms with Crippen LogP contribution in [0.5, 0.6) is 0 Å². The average molecular weight is 254 g/mol. The Morgan fingerprint density at radius 3 is 3.00 bits per heavy atom. The molecular formula is C8H8BrN5. The van der Waals surface area contributed by atoms with Crippen LogP contribution in [0.4, 0.5) is 0 Å². The average Bonchev–Trinajstić information content (AvgIpc) is 2.66. The second-order valence-corrected chi connectivity index (χ2v) is 3.49. The molecule has 0 aliphatic carbocycles. The zero-order valence-corrected chi connectivity index (χ0v) is 8.85. The second-order valence-electron chi connectivity index (χ2n) is 2.68. The highest BCUT2D eigenvalue weighted by atomic mass is 79.9. The lowest BCUT2D eigenvalue weighted by molar-refractivity contribution is 0.803. The molecule has 72 valence electrons. The van der Waals surface area contributed by atoms with Gasteiger partial charge in [-0.3, -0.25) is 0 Å². The molecule has 0 spiro atoms. The van der Waals surface area contributed by atoms with Gasteiger partial charge in [0, 0.05) is 24.5 Å². The molecular weight excluding hydrogens is 246 g/mol. The van der Waals surface area contributed by atoms with Gasteiger partial charge in [-0.15, -0.1) is 0 Å². The smallest absolute Gasteiger partial charge is 0.251 e. The fraction of sp³-hybridized carbons (Fsp3) is 0.125. The van der Waals surface area contributed by atoms with Crippen molar-refractivity contribution >= 4 is 15.9 Å². The van der Waals surface area contributed by atoms with Crippen LogP contribution in [-0.4, -0.2) is 19.7 Å². The van der Waals surface area contributed by atoms with Crippen LogP contribution in [0, 0.1) is 0 Å². The number of hydrogen-bond donors (Lipinski definition) is 1. The molecule has 0 unspecified atom stereocenters. The molecule has 2 N–H and O–H groups in total. The van der Waals surface area contributed by atoms with Crippen LogP contribution in [0.2, 0.25) is 0 Å². The van der Waals surface area contributed by atoms with Crippen LogP contribution in [0.3, 0.4) is 0 Å². The van der Waals surface area contributed by atoms with E-state index in [1.165, 1.54) is 0 Å². The summed E-state index contributed by atoms with van der Waals surface area (Å²) in [6.45, 7) is 0.466. The number of nitrogens with two attached hydrogens (primary N) is 1. The first-order valence-corrected chi connectivity index (χ1v) is 4.81. The standard InChI is InChI=1S/C8H8BrN5/c9-7-1-2-11-8(13-7)14-5-6(3-10)4-12-14/h1-2,4-5H,3,10H2. The molecule has 0 aliphatic rings. The van der Waals surface area contributed by atoms with Crippen LogP contribution in [0.1, 0.15) is 5.56 Å². The van der Waals surface area contributed by atoms with E-state index in [2.05, 4.69) is 31.0 Å². The lowest BCUT2D eigenvalue weighted by Crippen LogP contribution is -2.01. The zero-order chi connectivity index (χ0) is 9.97. The normalized spacial score (nSPS) is 10.4. The third-order valence-corrected chi connectivity index (χ3v) is 2.13. The Morgan fingerprint density at radius 1 is 1.50 bits per heavy atom. The summed E-state index contributed by atoms with van der Waals surface area (Å²) in [5.41, 5.74) is 6.42. The van der Waals surface area contributed by atoms with Crippen molar-refractivity contribution in [3.63, 3.8) is 0 Å². The van der Waals surface area contributed by atoms with Crippen molar-refractivity contribution in [3.8, 4) is 5.95 Å². The van der Waals surface area contributed by atoms with Gasteiger partial charge >= 0.3 is 0 Å².